The maximum Gasteiger partial charge on any atom is 0.238 e. The fourth-order valence-corrected chi connectivity index (χ4v) is 3.29. The number of ether oxygens (including phenoxy) is 1. The Morgan fingerprint density at radius 2 is 1.90 bits per heavy atom. The highest BCUT2D eigenvalue weighted by atomic mass is 19.1. The van der Waals surface area contributed by atoms with Crippen LogP contribution in [0.1, 0.15) is 12.8 Å². The Balaban J connectivity index is 1.23. The zero-order valence-electron chi connectivity index (χ0n) is 15.7. The standard InChI is InChI=1S/C20H21FN6O2/c21-18-3-1-2-4-19(18)29-17-9-11-26(12-10-17)13-20(28)23-15-5-7-16(8-6-15)27-14-22-24-25-27/h1-8,14,17H,9-13H2,(H,23,28). The summed E-state index contributed by atoms with van der Waals surface area (Å²) in [5.41, 5.74) is 1.52. The zero-order chi connectivity index (χ0) is 20.1. The molecule has 4 rings (SSSR count). The van der Waals surface area contributed by atoms with Gasteiger partial charge in [0, 0.05) is 18.8 Å². The average molecular weight is 396 g/mol. The van der Waals surface area contributed by atoms with E-state index in [4.69, 9.17) is 4.74 Å². The van der Waals surface area contributed by atoms with Crippen LogP contribution in [0.15, 0.2) is 54.9 Å². The Bertz CT molecular complexity index is 940. The summed E-state index contributed by atoms with van der Waals surface area (Å²) in [6.07, 6.45) is 2.97. The summed E-state index contributed by atoms with van der Waals surface area (Å²) in [4.78, 5) is 14.4. The monoisotopic (exact) mass is 396 g/mol. The van der Waals surface area contributed by atoms with Gasteiger partial charge in [-0.2, -0.15) is 0 Å². The highest BCUT2D eigenvalue weighted by Gasteiger charge is 2.22. The predicted molar refractivity (Wildman–Crippen MR) is 104 cm³/mol. The second-order valence-corrected chi connectivity index (χ2v) is 6.87. The molecule has 0 unspecified atom stereocenters. The summed E-state index contributed by atoms with van der Waals surface area (Å²) in [5.74, 6) is -0.136. The topological polar surface area (TPSA) is 85.2 Å². The second-order valence-electron chi connectivity index (χ2n) is 6.87. The summed E-state index contributed by atoms with van der Waals surface area (Å²) < 4.78 is 21.0. The number of rotatable bonds is 6. The van der Waals surface area contributed by atoms with Crippen molar-refractivity contribution in [2.75, 3.05) is 25.0 Å². The number of benzene rings is 2. The number of para-hydroxylation sites is 1. The summed E-state index contributed by atoms with van der Waals surface area (Å²) in [6.45, 7) is 1.76. The van der Waals surface area contributed by atoms with Crippen LogP contribution < -0.4 is 10.1 Å². The van der Waals surface area contributed by atoms with Gasteiger partial charge in [-0.3, -0.25) is 9.69 Å². The minimum absolute atomic E-state index is 0.0370. The molecule has 0 radical (unpaired) electrons. The number of amides is 1. The number of aromatic nitrogens is 4. The maximum atomic E-state index is 13.7. The number of likely N-dealkylation sites (tertiary alicyclic amines) is 1. The summed E-state index contributed by atoms with van der Waals surface area (Å²) >= 11 is 0. The number of piperidine rings is 1. The van der Waals surface area contributed by atoms with Gasteiger partial charge in [-0.05, 0) is 59.7 Å². The average Bonchev–Trinajstić information content (AvgIpc) is 3.27. The molecule has 1 aromatic heterocycles. The van der Waals surface area contributed by atoms with Crippen LogP contribution in [0.5, 0.6) is 5.75 Å². The first kappa shape index (κ1) is 19.0. The van der Waals surface area contributed by atoms with Gasteiger partial charge in [-0.1, -0.05) is 12.1 Å². The van der Waals surface area contributed by atoms with Crippen molar-refractivity contribution < 1.29 is 13.9 Å². The molecule has 2 aromatic carbocycles. The Hall–Kier alpha value is -3.33. The lowest BCUT2D eigenvalue weighted by atomic mass is 10.1. The summed E-state index contributed by atoms with van der Waals surface area (Å²) in [7, 11) is 0. The normalized spacial score (nSPS) is 15.2. The number of anilines is 1. The molecule has 1 amide bonds. The van der Waals surface area contributed by atoms with E-state index in [-0.39, 0.29) is 23.6 Å². The fourth-order valence-electron chi connectivity index (χ4n) is 3.29. The Kier molecular flexibility index (Phi) is 5.76. The third-order valence-electron chi connectivity index (χ3n) is 4.80. The molecule has 9 heteroatoms. The van der Waals surface area contributed by atoms with Gasteiger partial charge < -0.3 is 10.1 Å². The van der Waals surface area contributed by atoms with Crippen molar-refractivity contribution in [2.45, 2.75) is 18.9 Å². The zero-order valence-corrected chi connectivity index (χ0v) is 15.7. The molecule has 1 fully saturated rings. The highest BCUT2D eigenvalue weighted by Crippen LogP contribution is 2.21. The van der Waals surface area contributed by atoms with Crippen LogP contribution in [0.4, 0.5) is 10.1 Å². The molecule has 1 aliphatic heterocycles. The lowest BCUT2D eigenvalue weighted by Gasteiger charge is -2.31. The molecule has 150 valence electrons. The number of carbonyl (C=O) groups is 1. The van der Waals surface area contributed by atoms with Crippen molar-refractivity contribution >= 4 is 11.6 Å². The molecule has 29 heavy (non-hydrogen) atoms. The molecule has 1 aliphatic rings. The SMILES string of the molecule is O=C(CN1CCC(Oc2ccccc2F)CC1)Nc1ccc(-n2cnnn2)cc1. The molecule has 1 saturated heterocycles. The quantitative estimate of drug-likeness (QED) is 0.688. The maximum absolute atomic E-state index is 13.7. The number of nitrogens with zero attached hydrogens (tertiary/aromatic N) is 5. The van der Waals surface area contributed by atoms with Gasteiger partial charge >= 0.3 is 0 Å². The van der Waals surface area contributed by atoms with E-state index in [1.807, 2.05) is 24.3 Å². The molecule has 8 nitrogen and oxygen atoms in total. The van der Waals surface area contributed by atoms with E-state index in [2.05, 4.69) is 25.7 Å². The van der Waals surface area contributed by atoms with E-state index in [0.717, 1.165) is 31.6 Å². The van der Waals surface area contributed by atoms with Crippen LogP contribution in [0.2, 0.25) is 0 Å². The number of carbonyl (C=O) groups excluding carboxylic acids is 1. The first-order chi connectivity index (χ1) is 14.2. The molecule has 0 saturated carbocycles. The summed E-state index contributed by atoms with van der Waals surface area (Å²) in [5, 5.41) is 13.9. The number of halogens is 1. The third kappa shape index (κ3) is 4.94. The number of nitrogens with one attached hydrogen (secondary N) is 1. The molecule has 0 atom stereocenters. The van der Waals surface area contributed by atoms with Crippen molar-refractivity contribution in [1.82, 2.24) is 25.1 Å². The van der Waals surface area contributed by atoms with E-state index in [0.29, 0.717) is 12.2 Å². The lowest BCUT2D eigenvalue weighted by Crippen LogP contribution is -2.42. The Morgan fingerprint density at radius 3 is 2.59 bits per heavy atom. The van der Waals surface area contributed by atoms with E-state index in [1.54, 1.807) is 22.9 Å². The Morgan fingerprint density at radius 1 is 1.14 bits per heavy atom. The smallest absolute Gasteiger partial charge is 0.238 e. The minimum Gasteiger partial charge on any atom is -0.487 e. The Labute approximate surface area is 167 Å². The van der Waals surface area contributed by atoms with Crippen LogP contribution in [0.3, 0.4) is 0 Å². The molecule has 0 bridgehead atoms. The number of hydrogen-bond donors (Lipinski definition) is 1. The van der Waals surface area contributed by atoms with E-state index < -0.39 is 0 Å². The molecule has 0 spiro atoms. The van der Waals surface area contributed by atoms with Gasteiger partial charge in [0.2, 0.25) is 5.91 Å². The van der Waals surface area contributed by atoms with Crippen LogP contribution in [-0.2, 0) is 4.79 Å². The summed E-state index contributed by atoms with van der Waals surface area (Å²) in [6, 6.07) is 13.7. The van der Waals surface area contributed by atoms with E-state index in [9.17, 15) is 9.18 Å². The number of tetrazole rings is 1. The van der Waals surface area contributed by atoms with Crippen LogP contribution in [-0.4, -0.2) is 56.8 Å². The van der Waals surface area contributed by atoms with Crippen molar-refractivity contribution in [3.05, 3.63) is 60.7 Å². The molecular formula is C20H21FN6O2. The highest BCUT2D eigenvalue weighted by molar-refractivity contribution is 5.92. The van der Waals surface area contributed by atoms with Crippen molar-refractivity contribution in [3.63, 3.8) is 0 Å². The minimum atomic E-state index is -0.347. The predicted octanol–water partition coefficient (Wildman–Crippen LogP) is 2.28. The fraction of sp³-hybridized carbons (Fsp3) is 0.300. The first-order valence-corrected chi connectivity index (χ1v) is 9.44. The van der Waals surface area contributed by atoms with Crippen molar-refractivity contribution in [2.24, 2.45) is 0 Å². The first-order valence-electron chi connectivity index (χ1n) is 9.44. The van der Waals surface area contributed by atoms with Crippen LogP contribution in [0, 0.1) is 5.82 Å². The molecular weight excluding hydrogens is 375 g/mol. The van der Waals surface area contributed by atoms with Gasteiger partial charge in [-0.25, -0.2) is 9.07 Å². The van der Waals surface area contributed by atoms with Crippen LogP contribution >= 0.6 is 0 Å². The van der Waals surface area contributed by atoms with Crippen molar-refractivity contribution in [1.29, 1.82) is 0 Å². The third-order valence-corrected chi connectivity index (χ3v) is 4.80. The van der Waals surface area contributed by atoms with E-state index >= 15 is 0 Å². The molecule has 1 N–H and O–H groups in total. The molecule has 0 aliphatic carbocycles. The van der Waals surface area contributed by atoms with Crippen molar-refractivity contribution in [3.8, 4) is 11.4 Å². The van der Waals surface area contributed by atoms with E-state index in [1.165, 1.54) is 12.4 Å². The molecule has 3 aromatic rings. The lowest BCUT2D eigenvalue weighted by molar-refractivity contribution is -0.117. The van der Waals surface area contributed by atoms with Crippen LogP contribution in [0.25, 0.3) is 5.69 Å². The van der Waals surface area contributed by atoms with Gasteiger partial charge in [0.25, 0.3) is 0 Å². The second kappa shape index (κ2) is 8.78. The number of hydrogen-bond acceptors (Lipinski definition) is 6. The molecule has 2 heterocycles. The van der Waals surface area contributed by atoms with Gasteiger partial charge in [-0.15, -0.1) is 5.10 Å². The van der Waals surface area contributed by atoms with Gasteiger partial charge in [0.05, 0.1) is 12.2 Å². The largest absolute Gasteiger partial charge is 0.487 e. The van der Waals surface area contributed by atoms with Gasteiger partial charge in [0.15, 0.2) is 11.6 Å². The van der Waals surface area contributed by atoms with Gasteiger partial charge in [0.1, 0.15) is 12.4 Å².